The molecule has 0 bridgehead atoms. The van der Waals surface area contributed by atoms with E-state index in [1.165, 1.54) is 12.1 Å². The lowest BCUT2D eigenvalue weighted by Crippen LogP contribution is -2.32. The Bertz CT molecular complexity index is 1030. The van der Waals surface area contributed by atoms with Crippen molar-refractivity contribution in [3.8, 4) is 11.5 Å². The van der Waals surface area contributed by atoms with Crippen molar-refractivity contribution in [3.05, 3.63) is 35.2 Å². The monoisotopic (exact) mass is 505 g/mol. The van der Waals surface area contributed by atoms with Crippen molar-refractivity contribution < 1.29 is 34.4 Å². The number of nitrogens with zero attached hydrogens (tertiary/aromatic N) is 3. The Balaban J connectivity index is 2.06. The Kier molecular flexibility index (Phi) is 10.3. The summed E-state index contributed by atoms with van der Waals surface area (Å²) in [6, 6.07) is 2.43. The van der Waals surface area contributed by atoms with Crippen molar-refractivity contribution >= 4 is 11.9 Å². The molecule has 0 fully saturated rings. The molecule has 1 heterocycles. The summed E-state index contributed by atoms with van der Waals surface area (Å²) < 4.78 is 13.4. The summed E-state index contributed by atoms with van der Waals surface area (Å²) >= 11 is 0. The number of benzene rings is 1. The van der Waals surface area contributed by atoms with Crippen LogP contribution in [0.2, 0.25) is 0 Å². The Morgan fingerprint density at radius 3 is 2.11 bits per heavy atom. The van der Waals surface area contributed by atoms with Crippen LogP contribution >= 0.6 is 0 Å². The third-order valence-electron chi connectivity index (χ3n) is 5.64. The van der Waals surface area contributed by atoms with E-state index in [1.54, 1.807) is 38.6 Å². The minimum Gasteiger partial charge on any atom is -0.493 e. The fourth-order valence-corrected chi connectivity index (χ4v) is 3.81. The van der Waals surface area contributed by atoms with E-state index >= 15 is 0 Å². The second-order valence-electron chi connectivity index (χ2n) is 10.2. The molecule has 2 aromatic rings. The van der Waals surface area contributed by atoms with Crippen molar-refractivity contribution in [2.75, 3.05) is 6.61 Å². The number of carbonyl (C=O) groups is 2. The van der Waals surface area contributed by atoms with Gasteiger partial charge in [0.25, 0.3) is 0 Å². The van der Waals surface area contributed by atoms with Gasteiger partial charge in [-0.25, -0.2) is 9.59 Å². The van der Waals surface area contributed by atoms with E-state index in [9.17, 15) is 24.9 Å². The smallest absolute Gasteiger partial charge is 0.339 e. The molecule has 0 aliphatic carbocycles. The molecule has 36 heavy (non-hydrogen) atoms. The molecule has 3 N–H and O–H groups in total. The van der Waals surface area contributed by atoms with Crippen molar-refractivity contribution in [2.24, 2.45) is 0 Å². The molecule has 200 valence electrons. The summed E-state index contributed by atoms with van der Waals surface area (Å²) in [5.74, 6) is -2.53. The number of rotatable bonds is 16. The molecule has 0 spiro atoms. The number of unbranched alkanes of at least 4 members (excludes halogenated alkanes) is 4. The van der Waals surface area contributed by atoms with Gasteiger partial charge in [0.1, 0.15) is 28.2 Å². The minimum absolute atomic E-state index is 0.00187. The van der Waals surface area contributed by atoms with Gasteiger partial charge in [0.05, 0.1) is 17.9 Å². The highest BCUT2D eigenvalue weighted by molar-refractivity contribution is 5.97. The summed E-state index contributed by atoms with van der Waals surface area (Å²) in [5.41, 5.74) is -1.18. The van der Waals surface area contributed by atoms with Crippen molar-refractivity contribution in [2.45, 2.75) is 97.3 Å². The van der Waals surface area contributed by atoms with Crippen LogP contribution in [0.5, 0.6) is 11.5 Å². The zero-order valence-corrected chi connectivity index (χ0v) is 21.9. The number of hydrogen-bond acceptors (Lipinski definition) is 7. The first-order valence-corrected chi connectivity index (χ1v) is 12.4. The molecule has 1 aromatic heterocycles. The van der Waals surface area contributed by atoms with Gasteiger partial charge in [-0.2, -0.15) is 0 Å². The summed E-state index contributed by atoms with van der Waals surface area (Å²) in [7, 11) is 0. The summed E-state index contributed by atoms with van der Waals surface area (Å²) in [4.78, 5) is 23.9. The van der Waals surface area contributed by atoms with Crippen LogP contribution < -0.4 is 9.47 Å². The number of carboxylic acids is 2. The fourth-order valence-electron chi connectivity index (χ4n) is 3.81. The van der Waals surface area contributed by atoms with Crippen LogP contribution in [-0.4, -0.2) is 60.1 Å². The predicted molar refractivity (Wildman–Crippen MR) is 134 cm³/mol. The Morgan fingerprint density at radius 2 is 1.53 bits per heavy atom. The number of aliphatic hydroxyl groups is 1. The highest BCUT2D eigenvalue weighted by Gasteiger charge is 2.28. The molecular formula is C26H39N3O7. The van der Waals surface area contributed by atoms with Gasteiger partial charge in [0.15, 0.2) is 0 Å². The second kappa shape index (κ2) is 12.7. The van der Waals surface area contributed by atoms with Gasteiger partial charge >= 0.3 is 11.9 Å². The topological polar surface area (TPSA) is 144 Å². The van der Waals surface area contributed by atoms with Crippen molar-refractivity contribution in [3.63, 3.8) is 0 Å². The van der Waals surface area contributed by atoms with Crippen LogP contribution in [0.1, 0.15) is 99.6 Å². The summed E-state index contributed by atoms with van der Waals surface area (Å²) in [5, 5.41) is 37.3. The molecular weight excluding hydrogens is 466 g/mol. The van der Waals surface area contributed by atoms with Crippen LogP contribution in [0.4, 0.5) is 0 Å². The largest absolute Gasteiger partial charge is 0.493 e. The average molecular weight is 506 g/mol. The van der Waals surface area contributed by atoms with Crippen LogP contribution in [0.3, 0.4) is 0 Å². The number of carboxylic acid groups (broad SMARTS) is 2. The summed E-state index contributed by atoms with van der Waals surface area (Å²) in [6.45, 7) is 10.0. The fraction of sp³-hybridized carbons (Fsp3) is 0.615. The average Bonchev–Trinajstić information content (AvgIpc) is 3.21. The van der Waals surface area contributed by atoms with Gasteiger partial charge in [-0.05, 0) is 59.6 Å². The third kappa shape index (κ3) is 9.49. The Labute approximate surface area is 212 Å². The van der Waals surface area contributed by atoms with Gasteiger partial charge in [-0.15, -0.1) is 5.10 Å². The van der Waals surface area contributed by atoms with Crippen LogP contribution in [-0.2, 0) is 13.0 Å². The van der Waals surface area contributed by atoms with E-state index < -0.39 is 23.1 Å². The van der Waals surface area contributed by atoms with Crippen LogP contribution in [0.25, 0.3) is 0 Å². The second-order valence-corrected chi connectivity index (χ2v) is 10.2. The van der Waals surface area contributed by atoms with Crippen molar-refractivity contribution in [1.82, 2.24) is 15.0 Å². The third-order valence-corrected chi connectivity index (χ3v) is 5.64. The Morgan fingerprint density at radius 1 is 0.944 bits per heavy atom. The maximum absolute atomic E-state index is 12.0. The molecule has 0 saturated carbocycles. The minimum atomic E-state index is -1.24. The van der Waals surface area contributed by atoms with Gasteiger partial charge in [0, 0.05) is 19.2 Å². The van der Waals surface area contributed by atoms with Gasteiger partial charge < -0.3 is 24.8 Å². The predicted octanol–water partition coefficient (Wildman–Crippen LogP) is 4.58. The van der Waals surface area contributed by atoms with Crippen LogP contribution in [0, 0.1) is 0 Å². The standard InChI is InChI=1S/C26H39N3O7/c1-6-29-17-18(27-28-29)16-26(4,5)36-22-15-19(23(30)31)21(14-20(22)24(32)33)35-13-11-9-7-8-10-12-25(2,3)34/h14-15,17,34H,6-13,16H2,1-5H3,(H,30,31)(H,32,33). The molecule has 0 atom stereocenters. The number of aryl methyl sites for hydroxylation is 1. The molecule has 2 rings (SSSR count). The highest BCUT2D eigenvalue weighted by Crippen LogP contribution is 2.33. The molecule has 0 aliphatic rings. The highest BCUT2D eigenvalue weighted by atomic mass is 16.5. The number of aromatic nitrogens is 3. The van der Waals surface area contributed by atoms with E-state index in [2.05, 4.69) is 10.3 Å². The summed E-state index contributed by atoms with van der Waals surface area (Å²) in [6.07, 6.45) is 7.37. The number of aromatic carboxylic acids is 2. The SMILES string of the molecule is CCn1cc(CC(C)(C)Oc2cc(C(=O)O)c(OCCCCCCCC(C)(C)O)cc2C(=O)O)nn1. The molecule has 0 saturated heterocycles. The van der Waals surface area contributed by atoms with Gasteiger partial charge in [-0.1, -0.05) is 30.9 Å². The first-order valence-electron chi connectivity index (χ1n) is 12.4. The van der Waals surface area contributed by atoms with E-state index in [0.717, 1.165) is 32.1 Å². The van der Waals surface area contributed by atoms with E-state index in [0.29, 0.717) is 25.1 Å². The van der Waals surface area contributed by atoms with E-state index in [-0.39, 0.29) is 29.2 Å². The normalized spacial score (nSPS) is 11.9. The van der Waals surface area contributed by atoms with E-state index in [1.807, 2.05) is 6.92 Å². The Hall–Kier alpha value is -3.14. The molecule has 0 aliphatic heterocycles. The van der Waals surface area contributed by atoms with Crippen molar-refractivity contribution in [1.29, 1.82) is 0 Å². The quantitative estimate of drug-likeness (QED) is 0.279. The molecule has 0 amide bonds. The number of hydrogen-bond donors (Lipinski definition) is 3. The molecule has 0 unspecified atom stereocenters. The molecule has 1 aromatic carbocycles. The first kappa shape index (κ1) is 29.1. The lowest BCUT2D eigenvalue weighted by Gasteiger charge is -2.27. The van der Waals surface area contributed by atoms with Gasteiger partial charge in [0.2, 0.25) is 0 Å². The lowest BCUT2D eigenvalue weighted by molar-refractivity contribution is 0.0654. The molecule has 10 heteroatoms. The van der Waals surface area contributed by atoms with Crippen LogP contribution in [0.15, 0.2) is 18.3 Å². The number of ether oxygens (including phenoxy) is 2. The molecule has 10 nitrogen and oxygen atoms in total. The lowest BCUT2D eigenvalue weighted by atomic mass is 10.00. The molecule has 0 radical (unpaired) electrons. The zero-order valence-electron chi connectivity index (χ0n) is 21.9. The van der Waals surface area contributed by atoms with E-state index in [4.69, 9.17) is 9.47 Å². The zero-order chi connectivity index (χ0) is 26.9. The maximum atomic E-state index is 12.0. The first-order chi connectivity index (χ1) is 16.8. The van der Waals surface area contributed by atoms with Gasteiger partial charge in [-0.3, -0.25) is 4.68 Å². The maximum Gasteiger partial charge on any atom is 0.339 e.